The molecule has 1 aliphatic carbocycles. The molecular formula is C20H21F2N3O2. The van der Waals surface area contributed by atoms with Gasteiger partial charge in [0.15, 0.2) is 0 Å². The molecule has 2 aromatic carbocycles. The van der Waals surface area contributed by atoms with Crippen molar-refractivity contribution >= 4 is 11.9 Å². The molecule has 0 unspecified atom stereocenters. The molecule has 0 atom stereocenters. The first-order valence-electron chi connectivity index (χ1n) is 8.81. The molecule has 0 aromatic heterocycles. The Morgan fingerprint density at radius 2 is 1.81 bits per heavy atom. The lowest BCUT2D eigenvalue weighted by atomic mass is 10.2. The second-order valence-corrected chi connectivity index (χ2v) is 6.59. The van der Waals surface area contributed by atoms with Gasteiger partial charge in [-0.2, -0.15) is 0 Å². The van der Waals surface area contributed by atoms with Gasteiger partial charge in [0.2, 0.25) is 5.91 Å². The molecule has 2 N–H and O–H groups in total. The predicted molar refractivity (Wildman–Crippen MR) is 96.6 cm³/mol. The Bertz CT molecular complexity index is 810. The van der Waals surface area contributed by atoms with E-state index in [1.54, 1.807) is 4.90 Å². The van der Waals surface area contributed by atoms with Crippen molar-refractivity contribution < 1.29 is 18.4 Å². The molecule has 0 bridgehead atoms. The summed E-state index contributed by atoms with van der Waals surface area (Å²) in [7, 11) is 0. The van der Waals surface area contributed by atoms with Crippen LogP contribution in [0.25, 0.3) is 0 Å². The SMILES string of the molecule is O=C(CN(Cc1ccc(F)cc1F)C1CC1)NC(=O)NCc1ccccc1. The van der Waals surface area contributed by atoms with E-state index in [9.17, 15) is 18.4 Å². The van der Waals surface area contributed by atoms with Crippen LogP contribution in [0.15, 0.2) is 48.5 Å². The lowest BCUT2D eigenvalue weighted by Crippen LogP contribution is -2.44. The van der Waals surface area contributed by atoms with Crippen molar-refractivity contribution in [1.82, 2.24) is 15.5 Å². The normalized spacial score (nSPS) is 13.4. The predicted octanol–water partition coefficient (Wildman–Crippen LogP) is 2.96. The topological polar surface area (TPSA) is 61.4 Å². The zero-order valence-electron chi connectivity index (χ0n) is 14.8. The lowest BCUT2D eigenvalue weighted by molar-refractivity contribution is -0.121. The third-order valence-corrected chi connectivity index (χ3v) is 4.35. The highest BCUT2D eigenvalue weighted by Gasteiger charge is 2.31. The number of hydrogen-bond acceptors (Lipinski definition) is 3. The number of rotatable bonds is 7. The van der Waals surface area contributed by atoms with Crippen molar-refractivity contribution in [2.45, 2.75) is 32.0 Å². The molecule has 0 heterocycles. The van der Waals surface area contributed by atoms with Crippen LogP contribution >= 0.6 is 0 Å². The smallest absolute Gasteiger partial charge is 0.321 e. The third-order valence-electron chi connectivity index (χ3n) is 4.35. The van der Waals surface area contributed by atoms with Crippen LogP contribution in [0.4, 0.5) is 13.6 Å². The van der Waals surface area contributed by atoms with Crippen molar-refractivity contribution in [2.75, 3.05) is 6.54 Å². The second kappa shape index (κ2) is 8.73. The summed E-state index contributed by atoms with van der Waals surface area (Å²) in [5, 5.41) is 4.91. The van der Waals surface area contributed by atoms with Gasteiger partial charge < -0.3 is 5.32 Å². The maximum atomic E-state index is 13.9. The van der Waals surface area contributed by atoms with Gasteiger partial charge in [0.25, 0.3) is 0 Å². The van der Waals surface area contributed by atoms with Crippen molar-refractivity contribution in [3.63, 3.8) is 0 Å². The van der Waals surface area contributed by atoms with Gasteiger partial charge in [0.05, 0.1) is 6.54 Å². The number of halogens is 2. The van der Waals surface area contributed by atoms with Crippen LogP contribution in [0.5, 0.6) is 0 Å². The fourth-order valence-corrected chi connectivity index (χ4v) is 2.80. The molecule has 0 saturated heterocycles. The van der Waals surface area contributed by atoms with E-state index in [2.05, 4.69) is 10.6 Å². The molecule has 3 rings (SSSR count). The molecule has 27 heavy (non-hydrogen) atoms. The Hall–Kier alpha value is -2.80. The minimum atomic E-state index is -0.637. The molecule has 0 aliphatic heterocycles. The van der Waals surface area contributed by atoms with Crippen molar-refractivity contribution in [3.8, 4) is 0 Å². The number of carbonyl (C=O) groups excluding carboxylic acids is 2. The molecule has 0 radical (unpaired) electrons. The van der Waals surface area contributed by atoms with Gasteiger partial charge in [0, 0.05) is 30.8 Å². The molecule has 5 nitrogen and oxygen atoms in total. The van der Waals surface area contributed by atoms with Crippen LogP contribution in [0.3, 0.4) is 0 Å². The molecule has 3 amide bonds. The van der Waals surface area contributed by atoms with Crippen LogP contribution in [0.2, 0.25) is 0 Å². The van der Waals surface area contributed by atoms with Crippen LogP contribution in [-0.4, -0.2) is 29.4 Å². The van der Waals surface area contributed by atoms with Crippen LogP contribution in [0, 0.1) is 11.6 Å². The highest BCUT2D eigenvalue weighted by atomic mass is 19.1. The van der Waals surface area contributed by atoms with Gasteiger partial charge in [-0.25, -0.2) is 13.6 Å². The zero-order valence-corrected chi connectivity index (χ0v) is 14.8. The van der Waals surface area contributed by atoms with Gasteiger partial charge >= 0.3 is 6.03 Å². The van der Waals surface area contributed by atoms with E-state index in [1.165, 1.54) is 12.1 Å². The summed E-state index contributed by atoms with van der Waals surface area (Å²) in [6.07, 6.45) is 1.83. The minimum Gasteiger partial charge on any atom is -0.334 e. The number of carbonyl (C=O) groups is 2. The van der Waals surface area contributed by atoms with Crippen LogP contribution < -0.4 is 10.6 Å². The van der Waals surface area contributed by atoms with Crippen molar-refractivity contribution in [2.24, 2.45) is 0 Å². The van der Waals surface area contributed by atoms with Gasteiger partial charge in [0.1, 0.15) is 11.6 Å². The molecule has 7 heteroatoms. The van der Waals surface area contributed by atoms with E-state index in [0.717, 1.165) is 24.5 Å². The van der Waals surface area contributed by atoms with Crippen LogP contribution in [-0.2, 0) is 17.9 Å². The number of imide groups is 1. The first-order chi connectivity index (χ1) is 13.0. The average molecular weight is 373 g/mol. The number of hydrogen-bond donors (Lipinski definition) is 2. The van der Waals surface area contributed by atoms with E-state index in [4.69, 9.17) is 0 Å². The van der Waals surface area contributed by atoms with Crippen molar-refractivity contribution in [3.05, 3.63) is 71.3 Å². The molecule has 1 aliphatic rings. The summed E-state index contributed by atoms with van der Waals surface area (Å²) in [6, 6.07) is 12.3. The number of amides is 3. The first-order valence-corrected chi connectivity index (χ1v) is 8.81. The summed E-state index contributed by atoms with van der Waals surface area (Å²) >= 11 is 0. The van der Waals surface area contributed by atoms with E-state index in [0.29, 0.717) is 12.1 Å². The van der Waals surface area contributed by atoms with E-state index < -0.39 is 23.6 Å². The van der Waals surface area contributed by atoms with E-state index >= 15 is 0 Å². The van der Waals surface area contributed by atoms with Gasteiger partial charge in [-0.05, 0) is 24.5 Å². The summed E-state index contributed by atoms with van der Waals surface area (Å²) < 4.78 is 26.9. The molecule has 142 valence electrons. The first kappa shape index (κ1) is 19.0. The third kappa shape index (κ3) is 5.86. The largest absolute Gasteiger partial charge is 0.334 e. The second-order valence-electron chi connectivity index (χ2n) is 6.59. The average Bonchev–Trinajstić information content (AvgIpc) is 3.47. The standard InChI is InChI=1S/C20H21F2N3O2/c21-16-7-6-15(18(22)10-16)12-25(17-8-9-17)13-19(26)24-20(27)23-11-14-4-2-1-3-5-14/h1-7,10,17H,8-9,11-13H2,(H2,23,24,26,27). The highest BCUT2D eigenvalue weighted by Crippen LogP contribution is 2.28. The summed E-state index contributed by atoms with van der Waals surface area (Å²) in [4.78, 5) is 25.9. The van der Waals surface area contributed by atoms with Crippen molar-refractivity contribution in [1.29, 1.82) is 0 Å². The highest BCUT2D eigenvalue weighted by molar-refractivity contribution is 5.95. The van der Waals surface area contributed by atoms with E-state index in [-0.39, 0.29) is 19.1 Å². The minimum absolute atomic E-state index is 0.0275. The number of urea groups is 1. The Kier molecular flexibility index (Phi) is 6.13. The molecule has 0 spiro atoms. The number of nitrogens with one attached hydrogen (secondary N) is 2. The Labute approximate surface area is 156 Å². The van der Waals surface area contributed by atoms with Gasteiger partial charge in [-0.15, -0.1) is 0 Å². The maximum absolute atomic E-state index is 13.9. The maximum Gasteiger partial charge on any atom is 0.321 e. The quantitative estimate of drug-likeness (QED) is 0.785. The molecule has 1 saturated carbocycles. The number of benzene rings is 2. The summed E-state index contributed by atoms with van der Waals surface area (Å²) in [5.41, 5.74) is 1.25. The Balaban J connectivity index is 1.50. The molecular weight excluding hydrogens is 352 g/mol. The summed E-state index contributed by atoms with van der Waals surface area (Å²) in [5.74, 6) is -1.74. The van der Waals surface area contributed by atoms with E-state index in [1.807, 2.05) is 30.3 Å². The Morgan fingerprint density at radius 3 is 2.48 bits per heavy atom. The fourth-order valence-electron chi connectivity index (χ4n) is 2.80. The number of nitrogens with zero attached hydrogens (tertiary/aromatic N) is 1. The fraction of sp³-hybridized carbons (Fsp3) is 0.300. The van der Waals surface area contributed by atoms with Gasteiger partial charge in [-0.1, -0.05) is 36.4 Å². The monoisotopic (exact) mass is 373 g/mol. The van der Waals surface area contributed by atoms with Gasteiger partial charge in [-0.3, -0.25) is 15.0 Å². The zero-order chi connectivity index (χ0) is 19.2. The lowest BCUT2D eigenvalue weighted by Gasteiger charge is -2.21. The Morgan fingerprint density at radius 1 is 1.07 bits per heavy atom. The van der Waals surface area contributed by atoms with Crippen LogP contribution in [0.1, 0.15) is 24.0 Å². The molecule has 1 fully saturated rings. The molecule has 2 aromatic rings. The summed E-state index contributed by atoms with van der Waals surface area (Å²) in [6.45, 7) is 0.475.